The molecule has 3 N–H and O–H groups in total. The third-order valence-electron chi connectivity index (χ3n) is 3.92. The van der Waals surface area contributed by atoms with Crippen LogP contribution in [0, 0.1) is 11.6 Å². The second-order valence-corrected chi connectivity index (χ2v) is 8.05. The van der Waals surface area contributed by atoms with Crippen LogP contribution in [0.3, 0.4) is 0 Å². The van der Waals surface area contributed by atoms with E-state index in [0.29, 0.717) is 31.3 Å². The van der Waals surface area contributed by atoms with Crippen LogP contribution in [0.5, 0.6) is 0 Å². The highest BCUT2D eigenvalue weighted by Crippen LogP contribution is 2.28. The quantitative estimate of drug-likeness (QED) is 0.369. The predicted octanol–water partition coefficient (Wildman–Crippen LogP) is 2.67. The van der Waals surface area contributed by atoms with Crippen molar-refractivity contribution in [2.75, 3.05) is 25.0 Å². The number of nitrogens with one attached hydrogen (secondary N) is 3. The molecule has 7 nitrogen and oxygen atoms in total. The first-order valence-electron chi connectivity index (χ1n) is 8.97. The largest absolute Gasteiger partial charge is 0.417 e. The smallest absolute Gasteiger partial charge is 0.370 e. The molecule has 0 radical (unpaired) electrons. The third-order valence-corrected chi connectivity index (χ3v) is 5.38. The first kappa shape index (κ1) is 24.5. The number of nitrogens with zero attached hydrogens (tertiary/aromatic N) is 1. The van der Waals surface area contributed by atoms with Gasteiger partial charge in [0.05, 0.1) is 10.5 Å². The molecule has 0 spiro atoms. The van der Waals surface area contributed by atoms with E-state index >= 15 is 0 Å². The fraction of sp³-hybridized carbons (Fsp3) is 0.333. The number of carbonyl (C=O) groups excluding carboxylic acids is 1. The number of alkyl halides is 3. The normalized spacial score (nSPS) is 11.9. The van der Waals surface area contributed by atoms with Gasteiger partial charge in [-0.1, -0.05) is 0 Å². The standard InChI is InChI=1S/C18H19F5N4O3S/c19-14-4-3-13(10-15(14)20)31(29,30)27-9-6-17(28)25-8-1-7-24-16-5-2-12(11-26-16)18(21,22)23/h2-5,10-11,27H,1,6-9H2,(H,24,26)(H,25,28). The minimum Gasteiger partial charge on any atom is -0.370 e. The fourth-order valence-corrected chi connectivity index (χ4v) is 3.36. The molecule has 1 aromatic carbocycles. The van der Waals surface area contributed by atoms with Crippen molar-refractivity contribution in [2.45, 2.75) is 23.9 Å². The van der Waals surface area contributed by atoms with Crippen molar-refractivity contribution in [2.24, 2.45) is 0 Å². The fourth-order valence-electron chi connectivity index (χ4n) is 2.31. The summed E-state index contributed by atoms with van der Waals surface area (Å²) in [6.45, 7) is 0.324. The van der Waals surface area contributed by atoms with E-state index in [1.807, 2.05) is 0 Å². The maximum absolute atomic E-state index is 13.1. The summed E-state index contributed by atoms with van der Waals surface area (Å²) in [6.07, 6.45) is -3.49. The van der Waals surface area contributed by atoms with E-state index in [-0.39, 0.29) is 25.3 Å². The number of benzene rings is 1. The summed E-state index contributed by atoms with van der Waals surface area (Å²) < 4.78 is 89.5. The van der Waals surface area contributed by atoms with Gasteiger partial charge in [0.25, 0.3) is 0 Å². The van der Waals surface area contributed by atoms with E-state index < -0.39 is 44.2 Å². The number of rotatable bonds is 10. The summed E-state index contributed by atoms with van der Waals surface area (Å²) in [5, 5.41) is 5.36. The van der Waals surface area contributed by atoms with Gasteiger partial charge in [0.2, 0.25) is 15.9 Å². The van der Waals surface area contributed by atoms with Gasteiger partial charge in [0.1, 0.15) is 5.82 Å². The molecule has 13 heteroatoms. The molecule has 31 heavy (non-hydrogen) atoms. The number of aromatic nitrogens is 1. The number of halogens is 5. The Morgan fingerprint density at radius 1 is 1.00 bits per heavy atom. The molecule has 0 bridgehead atoms. The maximum Gasteiger partial charge on any atom is 0.417 e. The van der Waals surface area contributed by atoms with Gasteiger partial charge >= 0.3 is 6.18 Å². The lowest BCUT2D eigenvalue weighted by molar-refractivity contribution is -0.137. The Bertz CT molecular complexity index is 998. The zero-order chi connectivity index (χ0) is 23.1. The van der Waals surface area contributed by atoms with Crippen molar-refractivity contribution in [1.82, 2.24) is 15.0 Å². The summed E-state index contributed by atoms with van der Waals surface area (Å²) in [4.78, 5) is 14.9. The van der Waals surface area contributed by atoms with Crippen molar-refractivity contribution in [3.8, 4) is 0 Å². The van der Waals surface area contributed by atoms with Gasteiger partial charge in [-0.15, -0.1) is 0 Å². The minimum absolute atomic E-state index is 0.184. The Morgan fingerprint density at radius 3 is 2.35 bits per heavy atom. The topological polar surface area (TPSA) is 100 Å². The molecule has 0 unspecified atom stereocenters. The molecule has 0 aliphatic carbocycles. The van der Waals surface area contributed by atoms with E-state index in [1.54, 1.807) is 0 Å². The zero-order valence-corrected chi connectivity index (χ0v) is 16.8. The number of sulfonamides is 1. The monoisotopic (exact) mass is 466 g/mol. The third kappa shape index (κ3) is 7.75. The zero-order valence-electron chi connectivity index (χ0n) is 16.0. The molecule has 170 valence electrons. The molecular formula is C18H19F5N4O3S. The molecular weight excluding hydrogens is 447 g/mol. The van der Waals surface area contributed by atoms with E-state index in [1.165, 1.54) is 6.07 Å². The molecule has 2 aromatic rings. The summed E-state index contributed by atoms with van der Waals surface area (Å²) >= 11 is 0. The number of amides is 1. The highest BCUT2D eigenvalue weighted by Gasteiger charge is 2.30. The average Bonchev–Trinajstić information content (AvgIpc) is 2.69. The van der Waals surface area contributed by atoms with Gasteiger partial charge in [0, 0.05) is 32.3 Å². The molecule has 1 aromatic heterocycles. The molecule has 0 aliphatic rings. The molecule has 0 aliphatic heterocycles. The van der Waals surface area contributed by atoms with Crippen molar-refractivity contribution in [3.63, 3.8) is 0 Å². The van der Waals surface area contributed by atoms with Crippen molar-refractivity contribution >= 4 is 21.7 Å². The highest BCUT2D eigenvalue weighted by molar-refractivity contribution is 7.89. The Morgan fingerprint density at radius 2 is 1.74 bits per heavy atom. The van der Waals surface area contributed by atoms with E-state index in [4.69, 9.17) is 0 Å². The van der Waals surface area contributed by atoms with Crippen LogP contribution in [0.25, 0.3) is 0 Å². The number of hydrogen-bond donors (Lipinski definition) is 3. The van der Waals surface area contributed by atoms with Gasteiger partial charge in [0.15, 0.2) is 11.6 Å². The second-order valence-electron chi connectivity index (χ2n) is 6.28. The van der Waals surface area contributed by atoms with Gasteiger partial charge in [-0.3, -0.25) is 4.79 Å². The first-order chi connectivity index (χ1) is 14.5. The molecule has 0 saturated carbocycles. The number of carbonyl (C=O) groups is 1. The highest BCUT2D eigenvalue weighted by atomic mass is 32.2. The molecule has 0 fully saturated rings. The van der Waals surface area contributed by atoms with Gasteiger partial charge < -0.3 is 10.6 Å². The van der Waals surface area contributed by atoms with Gasteiger partial charge in [-0.2, -0.15) is 13.2 Å². The van der Waals surface area contributed by atoms with Crippen LogP contribution < -0.4 is 15.4 Å². The van der Waals surface area contributed by atoms with E-state index in [9.17, 15) is 35.2 Å². The Balaban J connectivity index is 1.64. The first-order valence-corrected chi connectivity index (χ1v) is 10.5. The molecule has 2 rings (SSSR count). The Hall–Kier alpha value is -2.80. The van der Waals surface area contributed by atoms with Gasteiger partial charge in [-0.25, -0.2) is 26.9 Å². The van der Waals surface area contributed by atoms with Gasteiger partial charge in [-0.05, 0) is 36.8 Å². The van der Waals surface area contributed by atoms with Crippen LogP contribution >= 0.6 is 0 Å². The second kappa shape index (κ2) is 10.5. The summed E-state index contributed by atoms with van der Waals surface area (Å²) in [7, 11) is -4.09. The molecule has 1 heterocycles. The summed E-state index contributed by atoms with van der Waals surface area (Å²) in [6, 6.07) is 4.22. The maximum atomic E-state index is 13.1. The van der Waals surface area contributed by atoms with Crippen molar-refractivity contribution in [3.05, 3.63) is 53.7 Å². The number of pyridine rings is 1. The van der Waals surface area contributed by atoms with Crippen LogP contribution in [-0.4, -0.2) is 38.9 Å². The van der Waals surface area contributed by atoms with Crippen LogP contribution in [0.1, 0.15) is 18.4 Å². The Kier molecular flexibility index (Phi) is 8.28. The van der Waals surface area contributed by atoms with E-state index in [0.717, 1.165) is 12.1 Å². The number of hydrogen-bond acceptors (Lipinski definition) is 5. The molecule has 0 saturated heterocycles. The lowest BCUT2D eigenvalue weighted by Crippen LogP contribution is -2.31. The summed E-state index contributed by atoms with van der Waals surface area (Å²) in [5.41, 5.74) is -0.856. The lowest BCUT2D eigenvalue weighted by Gasteiger charge is -2.09. The molecule has 0 atom stereocenters. The van der Waals surface area contributed by atoms with Crippen LogP contribution in [0.4, 0.5) is 27.8 Å². The lowest BCUT2D eigenvalue weighted by atomic mass is 10.3. The van der Waals surface area contributed by atoms with Crippen LogP contribution in [0.15, 0.2) is 41.4 Å². The number of anilines is 1. The summed E-state index contributed by atoms with van der Waals surface area (Å²) in [5.74, 6) is -2.67. The average molecular weight is 466 g/mol. The van der Waals surface area contributed by atoms with Crippen LogP contribution in [-0.2, 0) is 21.0 Å². The van der Waals surface area contributed by atoms with Crippen molar-refractivity contribution in [1.29, 1.82) is 0 Å². The SMILES string of the molecule is O=C(CCNS(=O)(=O)c1ccc(F)c(F)c1)NCCCNc1ccc(C(F)(F)F)cn1. The van der Waals surface area contributed by atoms with E-state index in [2.05, 4.69) is 20.3 Å². The van der Waals surface area contributed by atoms with Crippen molar-refractivity contribution < 1.29 is 35.2 Å². The van der Waals surface area contributed by atoms with Crippen LogP contribution in [0.2, 0.25) is 0 Å². The predicted molar refractivity (Wildman–Crippen MR) is 102 cm³/mol. The Labute approximate surface area is 175 Å². The molecule has 1 amide bonds. The minimum atomic E-state index is -4.46.